The fraction of sp³-hybridized carbons (Fsp3) is 0.304. The molecule has 1 aliphatic rings. The van der Waals surface area contributed by atoms with Gasteiger partial charge in [0.25, 0.3) is 11.7 Å². The molecule has 0 spiro atoms. The topological polar surface area (TPSA) is 71.3 Å². The minimum atomic E-state index is -0.773. The van der Waals surface area contributed by atoms with Crippen molar-refractivity contribution in [3.63, 3.8) is 0 Å². The largest absolute Gasteiger partial charge is 0.507 e. The molecule has 1 heterocycles. The summed E-state index contributed by atoms with van der Waals surface area (Å²) >= 11 is 0. The van der Waals surface area contributed by atoms with E-state index in [0.29, 0.717) is 29.8 Å². The Labute approximate surface area is 175 Å². The molecule has 158 valence electrons. The second-order valence-corrected chi connectivity index (χ2v) is 7.58. The van der Waals surface area contributed by atoms with Gasteiger partial charge in [-0.15, -0.1) is 0 Å². The van der Waals surface area contributed by atoms with Crippen molar-refractivity contribution in [2.75, 3.05) is 34.3 Å². The van der Waals surface area contributed by atoms with Crippen LogP contribution in [-0.2, 0) is 9.59 Å². The molecule has 3 rings (SSSR count). The number of benzene rings is 2. The maximum absolute atomic E-state index is 13.5. The quantitative estimate of drug-likeness (QED) is 0.413. The van der Waals surface area contributed by atoms with Crippen molar-refractivity contribution in [3.05, 3.63) is 71.0 Å². The second-order valence-electron chi connectivity index (χ2n) is 7.58. The summed E-state index contributed by atoms with van der Waals surface area (Å²) in [6, 6.07) is 11.5. The van der Waals surface area contributed by atoms with Crippen molar-refractivity contribution in [2.45, 2.75) is 12.5 Å². The molecular formula is C23H26FN2O4+. The minimum Gasteiger partial charge on any atom is -0.507 e. The molecular weight excluding hydrogens is 387 g/mol. The van der Waals surface area contributed by atoms with Gasteiger partial charge in [-0.25, -0.2) is 4.39 Å². The zero-order valence-corrected chi connectivity index (χ0v) is 17.3. The van der Waals surface area contributed by atoms with Crippen LogP contribution in [0.1, 0.15) is 23.6 Å². The normalized spacial score (nSPS) is 18.3. The lowest BCUT2D eigenvalue weighted by atomic mass is 9.95. The van der Waals surface area contributed by atoms with E-state index in [-0.39, 0.29) is 11.3 Å². The van der Waals surface area contributed by atoms with Gasteiger partial charge in [0.05, 0.1) is 39.4 Å². The summed E-state index contributed by atoms with van der Waals surface area (Å²) in [4.78, 5) is 28.4. The molecule has 1 saturated heterocycles. The van der Waals surface area contributed by atoms with Crippen LogP contribution in [0.25, 0.3) is 5.76 Å². The zero-order valence-electron chi connectivity index (χ0n) is 17.3. The number of nitrogens with one attached hydrogen (secondary N) is 1. The number of rotatable bonds is 7. The number of Topliss-reactive ketones (excluding diaryl/α,β-unsaturated/α-hetero) is 1. The van der Waals surface area contributed by atoms with E-state index in [4.69, 9.17) is 4.74 Å². The van der Waals surface area contributed by atoms with E-state index in [1.165, 1.54) is 41.2 Å². The Kier molecular flexibility index (Phi) is 6.52. The highest BCUT2D eigenvalue weighted by atomic mass is 19.1. The van der Waals surface area contributed by atoms with Crippen LogP contribution in [0.3, 0.4) is 0 Å². The number of aliphatic hydroxyl groups excluding tert-OH is 1. The first kappa shape index (κ1) is 21.5. The number of amides is 1. The molecule has 2 aromatic rings. The second kappa shape index (κ2) is 9.09. The fourth-order valence-corrected chi connectivity index (χ4v) is 3.61. The van der Waals surface area contributed by atoms with Crippen molar-refractivity contribution in [1.29, 1.82) is 0 Å². The number of aliphatic hydroxyl groups is 1. The zero-order chi connectivity index (χ0) is 21.8. The van der Waals surface area contributed by atoms with Crippen LogP contribution in [0.4, 0.5) is 4.39 Å². The lowest BCUT2D eigenvalue weighted by Crippen LogP contribution is -3.05. The Morgan fingerprint density at radius 3 is 2.30 bits per heavy atom. The molecule has 6 nitrogen and oxygen atoms in total. The molecule has 1 fully saturated rings. The van der Waals surface area contributed by atoms with Crippen LogP contribution in [0.2, 0.25) is 0 Å². The van der Waals surface area contributed by atoms with E-state index in [2.05, 4.69) is 0 Å². The molecule has 7 heteroatoms. The van der Waals surface area contributed by atoms with Gasteiger partial charge in [0, 0.05) is 18.5 Å². The summed E-state index contributed by atoms with van der Waals surface area (Å²) in [5.41, 5.74) is 0.982. The number of nitrogens with zero attached hydrogens (tertiary/aromatic N) is 1. The van der Waals surface area contributed by atoms with Crippen LogP contribution in [0, 0.1) is 5.82 Å². The Hall–Kier alpha value is -3.19. The molecule has 1 aliphatic heterocycles. The summed E-state index contributed by atoms with van der Waals surface area (Å²) < 4.78 is 18.6. The van der Waals surface area contributed by atoms with Gasteiger partial charge in [-0.2, -0.15) is 0 Å². The summed E-state index contributed by atoms with van der Waals surface area (Å²) in [6.45, 7) is 1.18. The average Bonchev–Trinajstić information content (AvgIpc) is 2.98. The molecule has 2 N–H and O–H groups in total. The molecule has 1 atom stereocenters. The fourth-order valence-electron chi connectivity index (χ4n) is 3.61. The summed E-state index contributed by atoms with van der Waals surface area (Å²) in [5.74, 6) is -1.47. The Morgan fingerprint density at radius 2 is 1.73 bits per heavy atom. The molecule has 0 saturated carbocycles. The maximum atomic E-state index is 13.5. The molecule has 1 amide bonds. The third-order valence-electron chi connectivity index (χ3n) is 5.16. The number of likely N-dealkylation sites (tertiary alicyclic amines) is 1. The number of ketones is 1. The van der Waals surface area contributed by atoms with Gasteiger partial charge in [-0.05, 0) is 42.0 Å². The first-order valence-electron chi connectivity index (χ1n) is 9.80. The SMILES string of the molecule is COc1ccc(C(O)=C2C(=O)C(=O)N(CCC[NH+](C)C)[C@H]2c2ccc(F)cc2)cc1. The third kappa shape index (κ3) is 4.36. The number of hydrogen-bond acceptors (Lipinski definition) is 4. The molecule has 0 radical (unpaired) electrons. The van der Waals surface area contributed by atoms with Crippen molar-refractivity contribution in [1.82, 2.24) is 4.90 Å². The van der Waals surface area contributed by atoms with Gasteiger partial charge < -0.3 is 19.6 Å². The van der Waals surface area contributed by atoms with Crippen LogP contribution in [0.5, 0.6) is 5.75 Å². The lowest BCUT2D eigenvalue weighted by Gasteiger charge is -2.25. The summed E-state index contributed by atoms with van der Waals surface area (Å²) in [7, 11) is 5.55. The van der Waals surface area contributed by atoms with Crippen LogP contribution >= 0.6 is 0 Å². The number of methoxy groups -OCH3 is 1. The number of ether oxygens (including phenoxy) is 1. The third-order valence-corrected chi connectivity index (χ3v) is 5.16. The van der Waals surface area contributed by atoms with Crippen LogP contribution in [-0.4, -0.2) is 56.0 Å². The van der Waals surface area contributed by atoms with Crippen LogP contribution in [0.15, 0.2) is 54.1 Å². The van der Waals surface area contributed by atoms with Crippen LogP contribution < -0.4 is 9.64 Å². The van der Waals surface area contributed by atoms with Gasteiger partial charge in [-0.1, -0.05) is 12.1 Å². The highest BCUT2D eigenvalue weighted by Crippen LogP contribution is 2.39. The first-order chi connectivity index (χ1) is 14.3. The Morgan fingerprint density at radius 1 is 1.10 bits per heavy atom. The van der Waals surface area contributed by atoms with Gasteiger partial charge in [0.15, 0.2) is 0 Å². The maximum Gasteiger partial charge on any atom is 0.295 e. The van der Waals surface area contributed by atoms with Crippen molar-refractivity contribution in [3.8, 4) is 5.75 Å². The predicted molar refractivity (Wildman–Crippen MR) is 111 cm³/mol. The summed E-state index contributed by atoms with van der Waals surface area (Å²) in [5, 5.41) is 11.0. The predicted octanol–water partition coefficient (Wildman–Crippen LogP) is 1.79. The van der Waals surface area contributed by atoms with E-state index in [1.807, 2.05) is 14.1 Å². The lowest BCUT2D eigenvalue weighted by molar-refractivity contribution is -0.858. The smallest absolute Gasteiger partial charge is 0.295 e. The van der Waals surface area contributed by atoms with Gasteiger partial charge in [-0.3, -0.25) is 9.59 Å². The molecule has 0 unspecified atom stereocenters. The number of quaternary nitrogens is 1. The van der Waals surface area contributed by atoms with E-state index >= 15 is 0 Å². The average molecular weight is 413 g/mol. The number of hydrogen-bond donors (Lipinski definition) is 2. The Bertz CT molecular complexity index is 952. The summed E-state index contributed by atoms with van der Waals surface area (Å²) in [6.07, 6.45) is 0.690. The van der Waals surface area contributed by atoms with Gasteiger partial charge >= 0.3 is 0 Å². The van der Waals surface area contributed by atoms with E-state index in [9.17, 15) is 19.1 Å². The molecule has 0 aliphatic carbocycles. The van der Waals surface area contributed by atoms with E-state index < -0.39 is 23.5 Å². The minimum absolute atomic E-state index is 0.00831. The number of halogens is 1. The molecule has 0 aromatic heterocycles. The van der Waals surface area contributed by atoms with Gasteiger partial charge in [0.1, 0.15) is 17.3 Å². The molecule has 30 heavy (non-hydrogen) atoms. The highest BCUT2D eigenvalue weighted by Gasteiger charge is 2.45. The highest BCUT2D eigenvalue weighted by molar-refractivity contribution is 6.46. The van der Waals surface area contributed by atoms with Crippen molar-refractivity contribution >= 4 is 17.4 Å². The van der Waals surface area contributed by atoms with E-state index in [1.54, 1.807) is 24.3 Å². The number of carbonyl (C=O) groups is 2. The monoisotopic (exact) mass is 413 g/mol. The number of carbonyl (C=O) groups excluding carboxylic acids is 2. The molecule has 2 aromatic carbocycles. The van der Waals surface area contributed by atoms with Gasteiger partial charge in [0.2, 0.25) is 0 Å². The van der Waals surface area contributed by atoms with Crippen molar-refractivity contribution in [2.24, 2.45) is 0 Å². The first-order valence-corrected chi connectivity index (χ1v) is 9.80. The molecule has 0 bridgehead atoms. The van der Waals surface area contributed by atoms with E-state index in [0.717, 1.165) is 6.54 Å². The van der Waals surface area contributed by atoms with Crippen molar-refractivity contribution < 1.29 is 28.7 Å². The standard InChI is InChI=1S/C23H25FN2O4/c1-25(2)13-4-14-26-20(15-5-9-17(24)10-6-15)19(22(28)23(26)29)21(27)16-7-11-18(30-3)12-8-16/h5-12,20,27H,4,13-14H2,1-3H3/p+1/t20-/m0/s1. The Balaban J connectivity index is 2.06.